The lowest BCUT2D eigenvalue weighted by Gasteiger charge is -2.32. The van der Waals surface area contributed by atoms with E-state index in [-0.39, 0.29) is 12.0 Å². The molecule has 0 aromatic carbocycles. The zero-order chi connectivity index (χ0) is 16.2. The second-order valence-electron chi connectivity index (χ2n) is 5.77. The van der Waals surface area contributed by atoms with Crippen LogP contribution in [0.3, 0.4) is 0 Å². The Bertz CT molecular complexity index is 669. The maximum atomic E-state index is 12.1. The Labute approximate surface area is 140 Å². The van der Waals surface area contributed by atoms with Crippen molar-refractivity contribution in [3.63, 3.8) is 0 Å². The number of morpholine rings is 1. The molecule has 122 valence electrons. The molecule has 23 heavy (non-hydrogen) atoms. The van der Waals surface area contributed by atoms with Crippen molar-refractivity contribution in [1.82, 2.24) is 10.3 Å². The predicted molar refractivity (Wildman–Crippen MR) is 92.1 cm³/mol. The quantitative estimate of drug-likeness (QED) is 0.936. The highest BCUT2D eigenvalue weighted by Gasteiger charge is 2.17. The van der Waals surface area contributed by atoms with Gasteiger partial charge >= 0.3 is 0 Å². The van der Waals surface area contributed by atoms with Gasteiger partial charge in [-0.2, -0.15) is 0 Å². The molecule has 1 atom stereocenters. The third kappa shape index (κ3) is 3.89. The van der Waals surface area contributed by atoms with Crippen LogP contribution in [0.4, 0.5) is 5.82 Å². The minimum Gasteiger partial charge on any atom is -0.375 e. The van der Waals surface area contributed by atoms with Crippen LogP contribution in [0.25, 0.3) is 0 Å². The molecule has 0 saturated carbocycles. The molecule has 3 rings (SSSR count). The number of hydrogen-bond acceptors (Lipinski definition) is 5. The van der Waals surface area contributed by atoms with Gasteiger partial charge < -0.3 is 15.0 Å². The molecule has 6 heteroatoms. The molecule has 1 fully saturated rings. The SMILES string of the molecule is Cc1ccsc1C(=O)NCc1ccc(N2CCO[C@H](C)C2)nc1. The minimum atomic E-state index is -0.0245. The highest BCUT2D eigenvalue weighted by atomic mass is 32.1. The van der Waals surface area contributed by atoms with E-state index in [0.29, 0.717) is 6.54 Å². The standard InChI is InChI=1S/C17H21N3O2S/c1-12-5-8-23-16(12)17(21)19-10-14-3-4-15(18-9-14)20-6-7-22-13(2)11-20/h3-5,8-9,13H,6-7,10-11H2,1-2H3,(H,19,21)/t13-/m1/s1. The van der Waals surface area contributed by atoms with Gasteiger partial charge in [0.2, 0.25) is 0 Å². The molecule has 1 amide bonds. The first-order chi connectivity index (χ1) is 11.1. The van der Waals surface area contributed by atoms with E-state index in [0.717, 1.165) is 41.5 Å². The number of thiophene rings is 1. The third-order valence-corrected chi connectivity index (χ3v) is 4.91. The summed E-state index contributed by atoms with van der Waals surface area (Å²) < 4.78 is 5.55. The van der Waals surface area contributed by atoms with Crippen molar-refractivity contribution in [3.8, 4) is 0 Å². The van der Waals surface area contributed by atoms with Crippen LogP contribution in [-0.2, 0) is 11.3 Å². The normalized spacial score (nSPS) is 18.0. The van der Waals surface area contributed by atoms with E-state index in [4.69, 9.17) is 4.74 Å². The lowest BCUT2D eigenvalue weighted by molar-refractivity contribution is 0.0529. The number of rotatable bonds is 4. The van der Waals surface area contributed by atoms with Crippen LogP contribution < -0.4 is 10.2 Å². The van der Waals surface area contributed by atoms with Gasteiger partial charge in [-0.05, 0) is 42.5 Å². The van der Waals surface area contributed by atoms with Gasteiger partial charge in [-0.3, -0.25) is 4.79 Å². The second kappa shape index (κ2) is 7.10. The zero-order valence-corrected chi connectivity index (χ0v) is 14.2. The van der Waals surface area contributed by atoms with Crippen LogP contribution in [0.5, 0.6) is 0 Å². The lowest BCUT2D eigenvalue weighted by Crippen LogP contribution is -2.41. The van der Waals surface area contributed by atoms with Crippen LogP contribution in [0.15, 0.2) is 29.8 Å². The number of amides is 1. The number of ether oxygens (including phenoxy) is 1. The highest BCUT2D eigenvalue weighted by molar-refractivity contribution is 7.12. The van der Waals surface area contributed by atoms with Gasteiger partial charge in [-0.1, -0.05) is 6.07 Å². The van der Waals surface area contributed by atoms with E-state index in [1.54, 1.807) is 0 Å². The van der Waals surface area contributed by atoms with E-state index in [2.05, 4.69) is 22.1 Å². The van der Waals surface area contributed by atoms with E-state index >= 15 is 0 Å². The Balaban J connectivity index is 1.57. The molecule has 2 aromatic heterocycles. The van der Waals surface area contributed by atoms with Crippen molar-refractivity contribution in [2.24, 2.45) is 0 Å². The van der Waals surface area contributed by atoms with Gasteiger partial charge in [-0.25, -0.2) is 4.98 Å². The molecule has 1 aliphatic heterocycles. The Kier molecular flexibility index (Phi) is 4.93. The number of aromatic nitrogens is 1. The minimum absolute atomic E-state index is 0.0245. The summed E-state index contributed by atoms with van der Waals surface area (Å²) in [5.41, 5.74) is 2.01. The number of pyridine rings is 1. The lowest BCUT2D eigenvalue weighted by atomic mass is 10.2. The largest absolute Gasteiger partial charge is 0.375 e. The van der Waals surface area contributed by atoms with Gasteiger partial charge in [0.1, 0.15) is 5.82 Å². The molecule has 0 radical (unpaired) electrons. The number of nitrogens with zero attached hydrogens (tertiary/aromatic N) is 2. The van der Waals surface area contributed by atoms with Crippen molar-refractivity contribution < 1.29 is 9.53 Å². The summed E-state index contributed by atoms with van der Waals surface area (Å²) in [5, 5.41) is 4.88. The summed E-state index contributed by atoms with van der Waals surface area (Å²) in [4.78, 5) is 19.6. The molecule has 3 heterocycles. The monoisotopic (exact) mass is 331 g/mol. The average molecular weight is 331 g/mol. The van der Waals surface area contributed by atoms with E-state index < -0.39 is 0 Å². The van der Waals surface area contributed by atoms with Crippen LogP contribution in [0, 0.1) is 6.92 Å². The molecular formula is C17H21N3O2S. The average Bonchev–Trinajstić information content (AvgIpc) is 2.99. The van der Waals surface area contributed by atoms with E-state index in [1.165, 1.54) is 11.3 Å². The summed E-state index contributed by atoms with van der Waals surface area (Å²) in [7, 11) is 0. The van der Waals surface area contributed by atoms with Crippen molar-refractivity contribution in [2.75, 3.05) is 24.6 Å². The zero-order valence-electron chi connectivity index (χ0n) is 13.4. The van der Waals surface area contributed by atoms with Crippen LogP contribution in [0.2, 0.25) is 0 Å². The molecule has 0 unspecified atom stereocenters. The first kappa shape index (κ1) is 16.0. The van der Waals surface area contributed by atoms with Crippen molar-refractivity contribution >= 4 is 23.1 Å². The predicted octanol–water partition coefficient (Wildman–Crippen LogP) is 2.61. The molecule has 1 aliphatic rings. The molecule has 5 nitrogen and oxygen atoms in total. The Hall–Kier alpha value is -1.92. The van der Waals surface area contributed by atoms with Crippen molar-refractivity contribution in [3.05, 3.63) is 45.8 Å². The van der Waals surface area contributed by atoms with Crippen molar-refractivity contribution in [2.45, 2.75) is 26.5 Å². The number of carbonyl (C=O) groups is 1. The van der Waals surface area contributed by atoms with Gasteiger partial charge in [0, 0.05) is 25.8 Å². The Morgan fingerprint density at radius 1 is 1.48 bits per heavy atom. The maximum Gasteiger partial charge on any atom is 0.261 e. The fourth-order valence-corrected chi connectivity index (χ4v) is 3.44. The van der Waals surface area contributed by atoms with Gasteiger partial charge in [0.15, 0.2) is 0 Å². The van der Waals surface area contributed by atoms with Gasteiger partial charge in [0.05, 0.1) is 17.6 Å². The summed E-state index contributed by atoms with van der Waals surface area (Å²) in [6.07, 6.45) is 2.07. The number of hydrogen-bond donors (Lipinski definition) is 1. The maximum absolute atomic E-state index is 12.1. The van der Waals surface area contributed by atoms with Crippen LogP contribution in [-0.4, -0.2) is 36.7 Å². The second-order valence-corrected chi connectivity index (χ2v) is 6.68. The van der Waals surface area contributed by atoms with Crippen molar-refractivity contribution in [1.29, 1.82) is 0 Å². The fraction of sp³-hybridized carbons (Fsp3) is 0.412. The van der Waals surface area contributed by atoms with Gasteiger partial charge in [-0.15, -0.1) is 11.3 Å². The van der Waals surface area contributed by atoms with Crippen LogP contribution >= 0.6 is 11.3 Å². The smallest absolute Gasteiger partial charge is 0.261 e. The number of anilines is 1. The summed E-state index contributed by atoms with van der Waals surface area (Å²) in [6, 6.07) is 5.99. The highest BCUT2D eigenvalue weighted by Crippen LogP contribution is 2.17. The Morgan fingerprint density at radius 3 is 3.00 bits per heavy atom. The van der Waals surface area contributed by atoms with E-state index in [9.17, 15) is 4.79 Å². The number of carbonyl (C=O) groups excluding carboxylic acids is 1. The third-order valence-electron chi connectivity index (χ3n) is 3.90. The first-order valence-electron chi connectivity index (χ1n) is 7.77. The summed E-state index contributed by atoms with van der Waals surface area (Å²) in [6.45, 7) is 6.98. The molecule has 1 saturated heterocycles. The number of nitrogens with one attached hydrogen (secondary N) is 1. The molecule has 0 aliphatic carbocycles. The molecule has 0 bridgehead atoms. The Morgan fingerprint density at radius 2 is 2.35 bits per heavy atom. The first-order valence-corrected chi connectivity index (χ1v) is 8.65. The molecular weight excluding hydrogens is 310 g/mol. The van der Waals surface area contributed by atoms with E-state index in [1.807, 2.05) is 36.7 Å². The summed E-state index contributed by atoms with van der Waals surface area (Å²) >= 11 is 1.47. The van der Waals surface area contributed by atoms with Crippen LogP contribution in [0.1, 0.15) is 27.7 Å². The topological polar surface area (TPSA) is 54.5 Å². The van der Waals surface area contributed by atoms with Gasteiger partial charge in [0.25, 0.3) is 5.91 Å². The fourth-order valence-electron chi connectivity index (χ4n) is 2.60. The molecule has 1 N–H and O–H groups in total. The summed E-state index contributed by atoms with van der Waals surface area (Å²) in [5.74, 6) is 0.938. The molecule has 0 spiro atoms. The molecule has 2 aromatic rings. The number of aryl methyl sites for hydroxylation is 1.